The minimum Gasteiger partial charge on any atom is -0.455 e. The first-order valence-electron chi connectivity index (χ1n) is 9.86. The Hall–Kier alpha value is -2.91. The smallest absolute Gasteiger partial charge is 0.255 e. The molecule has 2 heterocycles. The molecule has 1 aliphatic heterocycles. The number of aliphatic hydroxyl groups is 1. The number of amides is 1. The number of furan rings is 1. The van der Waals surface area contributed by atoms with Crippen LogP contribution in [0.25, 0.3) is 22.3 Å². The SMILES string of the molecule is CNC(=O)c1c(-c2ccc(F)cc2)oc2cc3c(cc12)C(O)C(C)CCN3S(C)(=O)=O. The number of carbonyl (C=O) groups excluding carboxylic acids is 1. The van der Waals surface area contributed by atoms with E-state index in [2.05, 4.69) is 5.32 Å². The topological polar surface area (TPSA) is 99.8 Å². The molecule has 2 unspecified atom stereocenters. The monoisotopic (exact) mass is 446 g/mol. The summed E-state index contributed by atoms with van der Waals surface area (Å²) in [7, 11) is -2.11. The molecule has 164 valence electrons. The third-order valence-electron chi connectivity index (χ3n) is 5.71. The zero-order valence-electron chi connectivity index (χ0n) is 17.3. The third kappa shape index (κ3) is 3.68. The van der Waals surface area contributed by atoms with Crippen molar-refractivity contribution in [1.29, 1.82) is 0 Å². The predicted molar refractivity (Wildman–Crippen MR) is 116 cm³/mol. The van der Waals surface area contributed by atoms with Crippen LogP contribution in [0.3, 0.4) is 0 Å². The van der Waals surface area contributed by atoms with Crippen molar-refractivity contribution in [1.82, 2.24) is 5.32 Å². The lowest BCUT2D eigenvalue weighted by Crippen LogP contribution is -2.30. The Bertz CT molecular complexity index is 1270. The van der Waals surface area contributed by atoms with Crippen LogP contribution in [0.5, 0.6) is 0 Å². The molecular weight excluding hydrogens is 423 g/mol. The van der Waals surface area contributed by atoms with Crippen molar-refractivity contribution in [3.05, 3.63) is 53.3 Å². The number of hydrogen-bond acceptors (Lipinski definition) is 5. The molecule has 0 fully saturated rings. The van der Waals surface area contributed by atoms with Crippen LogP contribution in [0.2, 0.25) is 0 Å². The van der Waals surface area contributed by atoms with E-state index >= 15 is 0 Å². The van der Waals surface area contributed by atoms with E-state index in [0.29, 0.717) is 34.2 Å². The van der Waals surface area contributed by atoms with E-state index in [9.17, 15) is 22.7 Å². The van der Waals surface area contributed by atoms with Gasteiger partial charge >= 0.3 is 0 Å². The normalized spacial score (nSPS) is 19.2. The molecule has 2 aromatic carbocycles. The van der Waals surface area contributed by atoms with Crippen LogP contribution in [-0.2, 0) is 10.0 Å². The van der Waals surface area contributed by atoms with E-state index in [1.54, 1.807) is 12.1 Å². The average molecular weight is 447 g/mol. The Labute approximate surface area is 179 Å². The highest BCUT2D eigenvalue weighted by atomic mass is 32.2. The molecule has 31 heavy (non-hydrogen) atoms. The van der Waals surface area contributed by atoms with Gasteiger partial charge in [-0.1, -0.05) is 6.92 Å². The Morgan fingerprint density at radius 2 is 1.94 bits per heavy atom. The molecule has 7 nitrogen and oxygen atoms in total. The third-order valence-corrected chi connectivity index (χ3v) is 6.89. The summed E-state index contributed by atoms with van der Waals surface area (Å²) in [6.45, 7) is 2.08. The van der Waals surface area contributed by atoms with Gasteiger partial charge in [-0.3, -0.25) is 9.10 Å². The summed E-state index contributed by atoms with van der Waals surface area (Å²) in [6, 6.07) is 8.71. The van der Waals surface area contributed by atoms with Crippen LogP contribution in [0.4, 0.5) is 10.1 Å². The van der Waals surface area contributed by atoms with Gasteiger partial charge in [0.1, 0.15) is 17.2 Å². The van der Waals surface area contributed by atoms with Crippen LogP contribution in [0, 0.1) is 11.7 Å². The van der Waals surface area contributed by atoms with Crippen LogP contribution >= 0.6 is 0 Å². The molecule has 1 amide bonds. The van der Waals surface area contributed by atoms with Crippen molar-refractivity contribution in [3.63, 3.8) is 0 Å². The summed E-state index contributed by atoms with van der Waals surface area (Å²) in [5.41, 5.74) is 1.78. The number of halogens is 1. The second-order valence-electron chi connectivity index (χ2n) is 7.85. The minimum absolute atomic E-state index is 0.185. The molecule has 0 spiro atoms. The highest BCUT2D eigenvalue weighted by molar-refractivity contribution is 7.92. The molecule has 2 atom stereocenters. The van der Waals surface area contributed by atoms with Gasteiger partial charge in [0.15, 0.2) is 0 Å². The molecule has 0 saturated carbocycles. The van der Waals surface area contributed by atoms with Gasteiger partial charge in [-0.25, -0.2) is 12.8 Å². The number of fused-ring (bicyclic) bond motifs is 2. The molecule has 1 aliphatic rings. The molecule has 4 rings (SSSR count). The fraction of sp³-hybridized carbons (Fsp3) is 0.318. The largest absolute Gasteiger partial charge is 0.455 e. The summed E-state index contributed by atoms with van der Waals surface area (Å²) < 4.78 is 45.5. The first-order valence-corrected chi connectivity index (χ1v) is 11.7. The summed E-state index contributed by atoms with van der Waals surface area (Å²) in [5, 5.41) is 13.9. The molecule has 0 aliphatic carbocycles. The Balaban J connectivity index is 2.04. The maximum Gasteiger partial charge on any atom is 0.255 e. The molecule has 9 heteroatoms. The van der Waals surface area contributed by atoms with E-state index in [-0.39, 0.29) is 23.8 Å². The summed E-state index contributed by atoms with van der Waals surface area (Å²) in [6.07, 6.45) is 0.687. The van der Waals surface area contributed by atoms with Crippen molar-refractivity contribution in [2.75, 3.05) is 24.2 Å². The van der Waals surface area contributed by atoms with Gasteiger partial charge in [0, 0.05) is 36.2 Å². The first kappa shape index (κ1) is 21.3. The van der Waals surface area contributed by atoms with Crippen LogP contribution in [0.1, 0.15) is 35.4 Å². The number of carbonyl (C=O) groups is 1. The van der Waals surface area contributed by atoms with Crippen LogP contribution < -0.4 is 9.62 Å². The summed E-state index contributed by atoms with van der Waals surface area (Å²) >= 11 is 0. The van der Waals surface area contributed by atoms with Gasteiger partial charge in [0.05, 0.1) is 23.6 Å². The first-order chi connectivity index (χ1) is 14.6. The maximum atomic E-state index is 13.4. The molecule has 1 aromatic heterocycles. The Kier molecular flexibility index (Phi) is 5.26. The quantitative estimate of drug-likeness (QED) is 0.642. The van der Waals surface area contributed by atoms with Gasteiger partial charge in [-0.2, -0.15) is 0 Å². The van der Waals surface area contributed by atoms with E-state index < -0.39 is 27.9 Å². The number of aliphatic hydroxyl groups excluding tert-OH is 1. The van der Waals surface area contributed by atoms with Crippen molar-refractivity contribution >= 4 is 32.6 Å². The van der Waals surface area contributed by atoms with Crippen LogP contribution in [-0.4, -0.2) is 39.3 Å². The van der Waals surface area contributed by atoms with E-state index in [1.807, 2.05) is 6.92 Å². The molecule has 2 N–H and O–H groups in total. The van der Waals surface area contributed by atoms with Gasteiger partial charge < -0.3 is 14.8 Å². The minimum atomic E-state index is -3.60. The van der Waals surface area contributed by atoms with E-state index in [4.69, 9.17) is 4.42 Å². The number of sulfonamides is 1. The van der Waals surface area contributed by atoms with Gasteiger partial charge in [0.2, 0.25) is 10.0 Å². The molecule has 3 aromatic rings. The number of nitrogens with zero attached hydrogens (tertiary/aromatic N) is 1. The summed E-state index contributed by atoms with van der Waals surface area (Å²) in [4.78, 5) is 12.7. The van der Waals surface area contributed by atoms with Gasteiger partial charge in [-0.05, 0) is 42.7 Å². The fourth-order valence-electron chi connectivity index (χ4n) is 4.01. The second kappa shape index (κ2) is 7.65. The lowest BCUT2D eigenvalue weighted by molar-refractivity contribution is 0.0964. The second-order valence-corrected chi connectivity index (χ2v) is 9.75. The Morgan fingerprint density at radius 1 is 1.26 bits per heavy atom. The maximum absolute atomic E-state index is 13.4. The number of benzene rings is 2. The molecule has 0 radical (unpaired) electrons. The van der Waals surface area contributed by atoms with Gasteiger partial charge in [0.25, 0.3) is 5.91 Å². The molecule has 0 bridgehead atoms. The highest BCUT2D eigenvalue weighted by Gasteiger charge is 2.33. The number of hydrogen-bond donors (Lipinski definition) is 2. The van der Waals surface area contributed by atoms with Crippen molar-refractivity contribution < 1.29 is 27.1 Å². The number of anilines is 1. The van der Waals surface area contributed by atoms with Crippen molar-refractivity contribution in [3.8, 4) is 11.3 Å². The average Bonchev–Trinajstić information content (AvgIpc) is 3.04. The zero-order valence-corrected chi connectivity index (χ0v) is 18.2. The predicted octanol–water partition coefficient (Wildman–Crippen LogP) is 3.44. The molecule has 0 saturated heterocycles. The summed E-state index contributed by atoms with van der Waals surface area (Å²) in [5.74, 6) is -0.777. The van der Waals surface area contributed by atoms with Crippen molar-refractivity contribution in [2.45, 2.75) is 19.4 Å². The Morgan fingerprint density at radius 3 is 2.55 bits per heavy atom. The standard InChI is InChI=1S/C22H23FN2O5S/c1-12-8-9-25(31(3,28)29)17-11-18-16(10-15(17)20(12)26)19(22(27)24-2)21(30-18)13-4-6-14(23)7-5-13/h4-7,10-12,20,26H,8-9H2,1-3H3,(H,24,27). The zero-order chi connectivity index (χ0) is 22.5. The highest BCUT2D eigenvalue weighted by Crippen LogP contribution is 2.43. The lowest BCUT2D eigenvalue weighted by atomic mass is 9.93. The number of nitrogens with one attached hydrogen (secondary N) is 1. The van der Waals surface area contributed by atoms with Crippen molar-refractivity contribution in [2.24, 2.45) is 5.92 Å². The van der Waals surface area contributed by atoms with Gasteiger partial charge in [-0.15, -0.1) is 0 Å². The number of rotatable bonds is 3. The fourth-order valence-corrected chi connectivity index (χ4v) is 4.96. The van der Waals surface area contributed by atoms with E-state index in [1.165, 1.54) is 35.6 Å². The van der Waals surface area contributed by atoms with E-state index in [0.717, 1.165) is 6.26 Å². The lowest BCUT2D eigenvalue weighted by Gasteiger charge is -2.22. The van der Waals surface area contributed by atoms with Crippen LogP contribution in [0.15, 0.2) is 40.8 Å². The molecular formula is C22H23FN2O5S.